The summed E-state index contributed by atoms with van der Waals surface area (Å²) < 4.78 is 9.81. The van der Waals surface area contributed by atoms with Crippen molar-refractivity contribution in [3.8, 4) is 5.75 Å². The van der Waals surface area contributed by atoms with E-state index in [-0.39, 0.29) is 0 Å². The molecule has 0 heterocycles. The van der Waals surface area contributed by atoms with E-state index in [4.69, 9.17) is 22.1 Å². The van der Waals surface area contributed by atoms with E-state index in [1.807, 2.05) is 6.92 Å². The minimum atomic E-state index is -0.821. The van der Waals surface area contributed by atoms with E-state index in [0.717, 1.165) is 0 Å². The van der Waals surface area contributed by atoms with Crippen molar-refractivity contribution in [2.75, 3.05) is 13.7 Å². The summed E-state index contributed by atoms with van der Waals surface area (Å²) in [6, 6.07) is 4.16. The molecule has 0 saturated carbocycles. The van der Waals surface area contributed by atoms with Gasteiger partial charge in [-0.1, -0.05) is 17.7 Å². The molecular weight excluding hydrogens is 230 g/mol. The molecule has 1 atom stereocenters. The molecule has 2 N–H and O–H groups in total. The maximum atomic E-state index is 11.2. The minimum absolute atomic E-state index is 0.429. The van der Waals surface area contributed by atoms with Crippen LogP contribution in [0.25, 0.3) is 0 Å². The number of benzene rings is 1. The second-order valence-electron chi connectivity index (χ2n) is 3.12. The Balaban J connectivity index is 2.92. The first-order valence-corrected chi connectivity index (χ1v) is 5.23. The Morgan fingerprint density at radius 1 is 1.56 bits per heavy atom. The summed E-state index contributed by atoms with van der Waals surface area (Å²) in [7, 11) is 1.29. The summed E-state index contributed by atoms with van der Waals surface area (Å²) in [5.41, 5.74) is 6.27. The van der Waals surface area contributed by atoms with Crippen molar-refractivity contribution in [3.63, 3.8) is 0 Å². The predicted molar refractivity (Wildman–Crippen MR) is 61.6 cm³/mol. The van der Waals surface area contributed by atoms with Gasteiger partial charge in [-0.05, 0) is 24.6 Å². The molecule has 5 heteroatoms. The zero-order valence-corrected chi connectivity index (χ0v) is 9.95. The zero-order chi connectivity index (χ0) is 12.1. The lowest BCUT2D eigenvalue weighted by Crippen LogP contribution is -2.22. The molecule has 0 radical (unpaired) electrons. The smallest absolute Gasteiger partial charge is 0.327 e. The number of carbonyl (C=O) groups excluding carboxylic acids is 1. The summed E-state index contributed by atoms with van der Waals surface area (Å²) in [5.74, 6) is 0.0743. The van der Waals surface area contributed by atoms with Gasteiger partial charge in [-0.3, -0.25) is 4.79 Å². The Morgan fingerprint density at radius 3 is 2.75 bits per heavy atom. The molecule has 0 aromatic heterocycles. The SMILES string of the molecule is CCOc1ccc(C(N)C(=O)OC)cc1Cl. The second kappa shape index (κ2) is 5.72. The summed E-state index contributed by atoms with van der Waals surface area (Å²) in [6.45, 7) is 2.40. The first-order valence-electron chi connectivity index (χ1n) is 4.85. The van der Waals surface area contributed by atoms with Gasteiger partial charge in [-0.25, -0.2) is 0 Å². The molecule has 0 aliphatic carbocycles. The predicted octanol–water partition coefficient (Wildman–Crippen LogP) is 1.91. The van der Waals surface area contributed by atoms with Crippen LogP contribution >= 0.6 is 11.6 Å². The molecule has 0 fully saturated rings. The van der Waals surface area contributed by atoms with Crippen LogP contribution in [0.15, 0.2) is 18.2 Å². The van der Waals surface area contributed by atoms with Crippen LogP contribution < -0.4 is 10.5 Å². The van der Waals surface area contributed by atoms with E-state index < -0.39 is 12.0 Å². The fraction of sp³-hybridized carbons (Fsp3) is 0.364. The number of halogens is 1. The van der Waals surface area contributed by atoms with Crippen molar-refractivity contribution < 1.29 is 14.3 Å². The Hall–Kier alpha value is -1.26. The van der Waals surface area contributed by atoms with Crippen LogP contribution in [-0.4, -0.2) is 19.7 Å². The highest BCUT2D eigenvalue weighted by Gasteiger charge is 2.17. The van der Waals surface area contributed by atoms with Crippen LogP contribution in [0, 0.1) is 0 Å². The Bertz CT molecular complexity index is 381. The molecular formula is C11H14ClNO3. The van der Waals surface area contributed by atoms with Gasteiger partial charge in [0.15, 0.2) is 0 Å². The van der Waals surface area contributed by atoms with Crippen molar-refractivity contribution in [3.05, 3.63) is 28.8 Å². The van der Waals surface area contributed by atoms with Gasteiger partial charge in [0.05, 0.1) is 18.7 Å². The Labute approximate surface area is 99.3 Å². The first-order chi connectivity index (χ1) is 7.60. The number of rotatable bonds is 4. The van der Waals surface area contributed by atoms with E-state index in [0.29, 0.717) is 22.9 Å². The van der Waals surface area contributed by atoms with Gasteiger partial charge in [0.25, 0.3) is 0 Å². The molecule has 0 spiro atoms. The van der Waals surface area contributed by atoms with Crippen molar-refractivity contribution in [2.24, 2.45) is 5.73 Å². The molecule has 1 aromatic rings. The largest absolute Gasteiger partial charge is 0.492 e. The third-order valence-electron chi connectivity index (χ3n) is 2.07. The fourth-order valence-electron chi connectivity index (χ4n) is 1.25. The minimum Gasteiger partial charge on any atom is -0.492 e. The summed E-state index contributed by atoms with van der Waals surface area (Å²) in [5, 5.41) is 0.429. The van der Waals surface area contributed by atoms with Crippen molar-refractivity contribution in [1.82, 2.24) is 0 Å². The van der Waals surface area contributed by atoms with Crippen LogP contribution in [0.1, 0.15) is 18.5 Å². The highest BCUT2D eigenvalue weighted by molar-refractivity contribution is 6.32. The molecule has 1 aromatic carbocycles. The molecule has 0 aliphatic heterocycles. The molecule has 4 nitrogen and oxygen atoms in total. The molecule has 0 bridgehead atoms. The summed E-state index contributed by atoms with van der Waals surface area (Å²) in [6.07, 6.45) is 0. The number of carbonyl (C=O) groups is 1. The van der Waals surface area contributed by atoms with Gasteiger partial charge < -0.3 is 15.2 Å². The molecule has 0 aliphatic rings. The van der Waals surface area contributed by atoms with Gasteiger partial charge in [-0.2, -0.15) is 0 Å². The average Bonchev–Trinajstić information content (AvgIpc) is 2.30. The highest BCUT2D eigenvalue weighted by Crippen LogP contribution is 2.27. The van der Waals surface area contributed by atoms with E-state index >= 15 is 0 Å². The topological polar surface area (TPSA) is 61.5 Å². The van der Waals surface area contributed by atoms with Crippen LogP contribution in [-0.2, 0) is 9.53 Å². The Morgan fingerprint density at radius 2 is 2.25 bits per heavy atom. The summed E-state index contributed by atoms with van der Waals surface area (Å²) >= 11 is 5.97. The lowest BCUT2D eigenvalue weighted by atomic mass is 10.1. The van der Waals surface area contributed by atoms with E-state index in [9.17, 15) is 4.79 Å². The van der Waals surface area contributed by atoms with Crippen LogP contribution in [0.5, 0.6) is 5.75 Å². The third kappa shape index (κ3) is 2.87. The quantitative estimate of drug-likeness (QED) is 0.821. The van der Waals surface area contributed by atoms with Crippen LogP contribution in [0.2, 0.25) is 5.02 Å². The lowest BCUT2D eigenvalue weighted by Gasteiger charge is -2.11. The molecule has 0 saturated heterocycles. The first kappa shape index (κ1) is 12.8. The number of esters is 1. The standard InChI is InChI=1S/C11H14ClNO3/c1-3-16-9-5-4-7(6-8(9)12)10(13)11(14)15-2/h4-6,10H,3,13H2,1-2H3. The van der Waals surface area contributed by atoms with Crippen LogP contribution in [0.3, 0.4) is 0 Å². The van der Waals surface area contributed by atoms with Crippen molar-refractivity contribution in [2.45, 2.75) is 13.0 Å². The van der Waals surface area contributed by atoms with Crippen molar-refractivity contribution in [1.29, 1.82) is 0 Å². The van der Waals surface area contributed by atoms with E-state index in [1.54, 1.807) is 18.2 Å². The zero-order valence-electron chi connectivity index (χ0n) is 9.20. The normalized spacial score (nSPS) is 12.0. The summed E-state index contributed by atoms with van der Waals surface area (Å²) in [4.78, 5) is 11.2. The molecule has 88 valence electrons. The number of methoxy groups -OCH3 is 1. The lowest BCUT2D eigenvalue weighted by molar-refractivity contribution is -0.142. The third-order valence-corrected chi connectivity index (χ3v) is 2.37. The van der Waals surface area contributed by atoms with Gasteiger partial charge >= 0.3 is 5.97 Å². The fourth-order valence-corrected chi connectivity index (χ4v) is 1.49. The number of ether oxygens (including phenoxy) is 2. The molecule has 1 unspecified atom stereocenters. The molecule has 1 rings (SSSR count). The van der Waals surface area contributed by atoms with Gasteiger partial charge in [0.1, 0.15) is 11.8 Å². The van der Waals surface area contributed by atoms with Gasteiger partial charge in [0, 0.05) is 0 Å². The molecule has 16 heavy (non-hydrogen) atoms. The maximum absolute atomic E-state index is 11.2. The van der Waals surface area contributed by atoms with Crippen LogP contribution in [0.4, 0.5) is 0 Å². The number of nitrogens with two attached hydrogens (primary N) is 1. The van der Waals surface area contributed by atoms with E-state index in [2.05, 4.69) is 4.74 Å². The highest BCUT2D eigenvalue weighted by atomic mass is 35.5. The Kier molecular flexibility index (Phi) is 4.58. The average molecular weight is 244 g/mol. The number of hydrogen-bond donors (Lipinski definition) is 1. The second-order valence-corrected chi connectivity index (χ2v) is 3.53. The van der Waals surface area contributed by atoms with Gasteiger partial charge in [-0.15, -0.1) is 0 Å². The molecule has 0 amide bonds. The van der Waals surface area contributed by atoms with E-state index in [1.165, 1.54) is 7.11 Å². The van der Waals surface area contributed by atoms with Crippen molar-refractivity contribution >= 4 is 17.6 Å². The van der Waals surface area contributed by atoms with Gasteiger partial charge in [0.2, 0.25) is 0 Å². The monoisotopic (exact) mass is 243 g/mol. The maximum Gasteiger partial charge on any atom is 0.327 e. The number of hydrogen-bond acceptors (Lipinski definition) is 4.